The van der Waals surface area contributed by atoms with Crippen molar-refractivity contribution in [2.45, 2.75) is 13.0 Å². The zero-order chi connectivity index (χ0) is 19.2. The Balaban J connectivity index is 1.35. The molecule has 0 aliphatic carbocycles. The van der Waals surface area contributed by atoms with Gasteiger partial charge in [-0.2, -0.15) is 0 Å². The summed E-state index contributed by atoms with van der Waals surface area (Å²) >= 11 is 0. The number of hydrogen-bond donors (Lipinski definition) is 1. The van der Waals surface area contributed by atoms with Gasteiger partial charge in [0.2, 0.25) is 11.8 Å². The topological polar surface area (TPSA) is 67.6 Å². The van der Waals surface area contributed by atoms with Crippen LogP contribution in [0.5, 0.6) is 0 Å². The van der Waals surface area contributed by atoms with Crippen LogP contribution in [0.15, 0.2) is 65.3 Å². The summed E-state index contributed by atoms with van der Waals surface area (Å²) in [6.45, 7) is 4.29. The molecule has 1 N–H and O–H groups in total. The van der Waals surface area contributed by atoms with E-state index in [1.165, 1.54) is 11.8 Å². The molecular weight excluding hydrogens is 354 g/mol. The highest BCUT2D eigenvalue weighted by molar-refractivity contribution is 5.92. The second-order valence-electron chi connectivity index (χ2n) is 6.82. The molecule has 144 valence electrons. The molecule has 1 fully saturated rings. The Labute approximate surface area is 164 Å². The van der Waals surface area contributed by atoms with Crippen molar-refractivity contribution in [2.75, 3.05) is 31.6 Å². The van der Waals surface area contributed by atoms with Crippen LogP contribution in [0.3, 0.4) is 0 Å². The van der Waals surface area contributed by atoms with Gasteiger partial charge in [0.15, 0.2) is 0 Å². The summed E-state index contributed by atoms with van der Waals surface area (Å²) in [7, 11) is 0. The number of amides is 1. The van der Waals surface area contributed by atoms with Crippen molar-refractivity contribution < 1.29 is 13.9 Å². The molecule has 0 saturated carbocycles. The van der Waals surface area contributed by atoms with E-state index >= 15 is 0 Å². The van der Waals surface area contributed by atoms with E-state index in [1.807, 2.05) is 48.5 Å². The molecule has 3 aromatic rings. The molecular formula is C22H23N3O3. The molecule has 4 rings (SSSR count). The van der Waals surface area contributed by atoms with E-state index in [9.17, 15) is 4.79 Å². The van der Waals surface area contributed by atoms with E-state index in [0.717, 1.165) is 44.1 Å². The molecule has 0 atom stereocenters. The lowest BCUT2D eigenvalue weighted by Gasteiger charge is -2.26. The molecule has 6 nitrogen and oxygen atoms in total. The van der Waals surface area contributed by atoms with Crippen molar-refractivity contribution in [3.05, 3.63) is 72.1 Å². The fourth-order valence-electron chi connectivity index (χ4n) is 3.24. The fraction of sp³-hybridized carbons (Fsp3) is 0.273. The Kier molecular flexibility index (Phi) is 5.80. The molecule has 1 saturated heterocycles. The Morgan fingerprint density at radius 1 is 1.07 bits per heavy atom. The van der Waals surface area contributed by atoms with Crippen LogP contribution in [-0.2, 0) is 22.5 Å². The summed E-state index contributed by atoms with van der Waals surface area (Å²) in [6, 6.07) is 17.6. The van der Waals surface area contributed by atoms with Crippen LogP contribution in [0.4, 0.5) is 5.69 Å². The van der Waals surface area contributed by atoms with E-state index in [-0.39, 0.29) is 12.3 Å². The van der Waals surface area contributed by atoms with Crippen LogP contribution in [0.1, 0.15) is 11.3 Å². The standard InChI is InChI=1S/C22H23N3O3/c26-21(14-20-16-28-22(24-20)18-6-2-1-3-7-18)23-19-8-4-5-17(13-19)15-25-9-11-27-12-10-25/h1-8,13,16H,9-12,14-15H2,(H,23,26). The number of rotatable bonds is 6. The van der Waals surface area contributed by atoms with Gasteiger partial charge in [-0.05, 0) is 29.8 Å². The number of hydrogen-bond acceptors (Lipinski definition) is 5. The summed E-state index contributed by atoms with van der Waals surface area (Å²) < 4.78 is 10.9. The maximum Gasteiger partial charge on any atom is 0.230 e. The van der Waals surface area contributed by atoms with Gasteiger partial charge in [0, 0.05) is 30.9 Å². The van der Waals surface area contributed by atoms with Crippen molar-refractivity contribution in [1.82, 2.24) is 9.88 Å². The Morgan fingerprint density at radius 2 is 1.89 bits per heavy atom. The highest BCUT2D eigenvalue weighted by Crippen LogP contribution is 2.19. The highest BCUT2D eigenvalue weighted by atomic mass is 16.5. The van der Waals surface area contributed by atoms with Gasteiger partial charge in [-0.3, -0.25) is 9.69 Å². The van der Waals surface area contributed by atoms with Gasteiger partial charge in [-0.1, -0.05) is 30.3 Å². The predicted molar refractivity (Wildman–Crippen MR) is 107 cm³/mol. The second kappa shape index (κ2) is 8.82. The Morgan fingerprint density at radius 3 is 2.71 bits per heavy atom. The summed E-state index contributed by atoms with van der Waals surface area (Å²) in [5.41, 5.74) is 3.47. The third-order valence-corrected chi connectivity index (χ3v) is 4.63. The molecule has 2 heterocycles. The molecule has 2 aromatic carbocycles. The monoisotopic (exact) mass is 377 g/mol. The number of benzene rings is 2. The van der Waals surface area contributed by atoms with Crippen LogP contribution < -0.4 is 5.32 Å². The quantitative estimate of drug-likeness (QED) is 0.713. The number of morpholine rings is 1. The first kappa shape index (κ1) is 18.4. The molecule has 1 amide bonds. The van der Waals surface area contributed by atoms with Crippen molar-refractivity contribution in [3.8, 4) is 11.5 Å². The normalized spacial score (nSPS) is 14.7. The number of carbonyl (C=O) groups excluding carboxylic acids is 1. The molecule has 6 heteroatoms. The van der Waals surface area contributed by atoms with Gasteiger partial charge in [0.05, 0.1) is 25.3 Å². The maximum absolute atomic E-state index is 12.4. The SMILES string of the molecule is O=C(Cc1coc(-c2ccccc2)n1)Nc1cccc(CN2CCOCC2)c1. The van der Waals surface area contributed by atoms with Gasteiger partial charge in [0.1, 0.15) is 6.26 Å². The number of aromatic nitrogens is 1. The molecule has 0 spiro atoms. The highest BCUT2D eigenvalue weighted by Gasteiger charge is 2.13. The van der Waals surface area contributed by atoms with Crippen LogP contribution in [-0.4, -0.2) is 42.1 Å². The average Bonchev–Trinajstić information content (AvgIpc) is 3.18. The van der Waals surface area contributed by atoms with E-state index < -0.39 is 0 Å². The van der Waals surface area contributed by atoms with Crippen molar-refractivity contribution >= 4 is 11.6 Å². The van der Waals surface area contributed by atoms with Crippen LogP contribution >= 0.6 is 0 Å². The fourth-order valence-corrected chi connectivity index (χ4v) is 3.24. The Bertz CT molecular complexity index is 918. The lowest BCUT2D eigenvalue weighted by Crippen LogP contribution is -2.35. The third-order valence-electron chi connectivity index (χ3n) is 4.63. The first-order valence-corrected chi connectivity index (χ1v) is 9.45. The second-order valence-corrected chi connectivity index (χ2v) is 6.82. The first-order valence-electron chi connectivity index (χ1n) is 9.45. The molecule has 0 unspecified atom stereocenters. The molecule has 1 aliphatic rings. The number of anilines is 1. The summed E-state index contributed by atoms with van der Waals surface area (Å²) in [5.74, 6) is 0.410. The largest absolute Gasteiger partial charge is 0.444 e. The van der Waals surface area contributed by atoms with E-state index in [4.69, 9.17) is 9.15 Å². The first-order chi connectivity index (χ1) is 13.8. The minimum Gasteiger partial charge on any atom is -0.444 e. The van der Waals surface area contributed by atoms with E-state index in [2.05, 4.69) is 21.3 Å². The Hall–Kier alpha value is -2.96. The zero-order valence-corrected chi connectivity index (χ0v) is 15.6. The number of ether oxygens (including phenoxy) is 1. The van der Waals surface area contributed by atoms with Crippen molar-refractivity contribution in [1.29, 1.82) is 0 Å². The number of carbonyl (C=O) groups is 1. The smallest absolute Gasteiger partial charge is 0.230 e. The molecule has 0 radical (unpaired) electrons. The summed E-state index contributed by atoms with van der Waals surface area (Å²) in [4.78, 5) is 19.2. The molecule has 1 aliphatic heterocycles. The van der Waals surface area contributed by atoms with Crippen LogP contribution in [0.2, 0.25) is 0 Å². The lowest BCUT2D eigenvalue weighted by atomic mass is 10.1. The van der Waals surface area contributed by atoms with Gasteiger partial charge < -0.3 is 14.5 Å². The molecule has 0 bridgehead atoms. The minimum atomic E-state index is -0.114. The molecule has 28 heavy (non-hydrogen) atoms. The number of nitrogens with zero attached hydrogens (tertiary/aromatic N) is 2. The minimum absolute atomic E-state index is 0.114. The van der Waals surface area contributed by atoms with E-state index in [0.29, 0.717) is 11.6 Å². The third kappa shape index (κ3) is 4.85. The van der Waals surface area contributed by atoms with Crippen molar-refractivity contribution in [3.63, 3.8) is 0 Å². The summed E-state index contributed by atoms with van der Waals surface area (Å²) in [5, 5.41) is 2.95. The summed E-state index contributed by atoms with van der Waals surface area (Å²) in [6.07, 6.45) is 1.71. The molecule has 1 aromatic heterocycles. The van der Waals surface area contributed by atoms with Crippen LogP contribution in [0.25, 0.3) is 11.5 Å². The lowest BCUT2D eigenvalue weighted by molar-refractivity contribution is -0.115. The zero-order valence-electron chi connectivity index (χ0n) is 15.6. The van der Waals surface area contributed by atoms with Gasteiger partial charge in [-0.25, -0.2) is 4.98 Å². The predicted octanol–water partition coefficient (Wildman–Crippen LogP) is 3.36. The number of oxazole rings is 1. The van der Waals surface area contributed by atoms with Gasteiger partial charge in [-0.15, -0.1) is 0 Å². The van der Waals surface area contributed by atoms with Gasteiger partial charge >= 0.3 is 0 Å². The van der Waals surface area contributed by atoms with Crippen molar-refractivity contribution in [2.24, 2.45) is 0 Å². The maximum atomic E-state index is 12.4. The average molecular weight is 377 g/mol. The van der Waals surface area contributed by atoms with E-state index in [1.54, 1.807) is 0 Å². The van der Waals surface area contributed by atoms with Crippen LogP contribution in [0, 0.1) is 0 Å². The van der Waals surface area contributed by atoms with Gasteiger partial charge in [0.25, 0.3) is 0 Å². The number of nitrogens with one attached hydrogen (secondary N) is 1.